The summed E-state index contributed by atoms with van der Waals surface area (Å²) in [5, 5.41) is 9.98. The van der Waals surface area contributed by atoms with Gasteiger partial charge in [0.25, 0.3) is 0 Å². The summed E-state index contributed by atoms with van der Waals surface area (Å²) in [7, 11) is 0. The molecule has 5 heteroatoms. The Hall–Kier alpha value is -1.36. The van der Waals surface area contributed by atoms with E-state index < -0.39 is 0 Å². The summed E-state index contributed by atoms with van der Waals surface area (Å²) in [6.45, 7) is 4.44. The highest BCUT2D eigenvalue weighted by Gasteiger charge is 1.92. The Kier molecular flexibility index (Phi) is 5.47. The van der Waals surface area contributed by atoms with Crippen molar-refractivity contribution in [3.63, 3.8) is 0 Å². The molecule has 0 aliphatic heterocycles. The van der Waals surface area contributed by atoms with Gasteiger partial charge in [0.05, 0.1) is 0 Å². The second kappa shape index (κ2) is 7.00. The van der Waals surface area contributed by atoms with Crippen LogP contribution in [0.5, 0.6) is 0 Å². The van der Waals surface area contributed by atoms with E-state index in [0.29, 0.717) is 5.11 Å². The fourth-order valence-electron chi connectivity index (χ4n) is 1.06. The van der Waals surface area contributed by atoms with Gasteiger partial charge in [-0.25, -0.2) is 4.98 Å². The first-order valence-electron chi connectivity index (χ1n) is 4.99. The number of anilines is 1. The summed E-state index contributed by atoms with van der Waals surface area (Å²) in [5.41, 5.74) is 0. The fourth-order valence-corrected chi connectivity index (χ4v) is 1.30. The maximum Gasteiger partial charge on any atom is 0.166 e. The SMILES string of the molecule is CCNC(=S)NCCNc1ccccn1. The predicted octanol–water partition coefficient (Wildman–Crippen LogP) is 0.977. The first kappa shape index (κ1) is 11.7. The number of hydrogen-bond donors (Lipinski definition) is 3. The molecule has 0 aromatic carbocycles. The zero-order valence-corrected chi connectivity index (χ0v) is 9.60. The van der Waals surface area contributed by atoms with Gasteiger partial charge in [-0.15, -0.1) is 0 Å². The Morgan fingerprint density at radius 1 is 1.33 bits per heavy atom. The standard InChI is InChI=1S/C10H16N4S/c1-2-11-10(15)14-8-7-13-9-5-3-4-6-12-9/h3-6H,2,7-8H2,1H3,(H,12,13)(H2,11,14,15). The van der Waals surface area contributed by atoms with Gasteiger partial charge in [0.2, 0.25) is 0 Å². The molecule has 0 aliphatic rings. The number of pyridine rings is 1. The topological polar surface area (TPSA) is 49.0 Å². The Bertz CT molecular complexity index is 289. The Morgan fingerprint density at radius 3 is 2.87 bits per heavy atom. The first-order valence-corrected chi connectivity index (χ1v) is 5.40. The summed E-state index contributed by atoms with van der Waals surface area (Å²) in [6, 6.07) is 5.78. The first-order chi connectivity index (χ1) is 7.33. The molecule has 15 heavy (non-hydrogen) atoms. The molecule has 82 valence electrons. The van der Waals surface area contributed by atoms with Crippen molar-refractivity contribution in [1.82, 2.24) is 15.6 Å². The quantitative estimate of drug-likeness (QED) is 0.514. The minimum absolute atomic E-state index is 0.695. The lowest BCUT2D eigenvalue weighted by Crippen LogP contribution is -2.37. The van der Waals surface area contributed by atoms with Gasteiger partial charge >= 0.3 is 0 Å². The predicted molar refractivity (Wildman–Crippen MR) is 67.0 cm³/mol. The minimum Gasteiger partial charge on any atom is -0.368 e. The molecule has 1 aromatic heterocycles. The lowest BCUT2D eigenvalue weighted by molar-refractivity contribution is 0.853. The molecule has 0 aliphatic carbocycles. The molecule has 0 atom stereocenters. The van der Waals surface area contributed by atoms with Crippen LogP contribution < -0.4 is 16.0 Å². The fraction of sp³-hybridized carbons (Fsp3) is 0.400. The van der Waals surface area contributed by atoms with E-state index in [0.717, 1.165) is 25.5 Å². The van der Waals surface area contributed by atoms with Crippen LogP contribution in [0.15, 0.2) is 24.4 Å². The van der Waals surface area contributed by atoms with Gasteiger partial charge in [-0.3, -0.25) is 0 Å². The number of nitrogens with one attached hydrogen (secondary N) is 3. The summed E-state index contributed by atoms with van der Waals surface area (Å²) in [5.74, 6) is 0.883. The Morgan fingerprint density at radius 2 is 2.20 bits per heavy atom. The monoisotopic (exact) mass is 224 g/mol. The van der Waals surface area contributed by atoms with Crippen LogP contribution in [0.4, 0.5) is 5.82 Å². The molecular formula is C10H16N4S. The second-order valence-electron chi connectivity index (χ2n) is 2.93. The third kappa shape index (κ3) is 5.17. The molecule has 0 spiro atoms. The number of hydrogen-bond acceptors (Lipinski definition) is 3. The zero-order valence-electron chi connectivity index (χ0n) is 8.79. The molecule has 0 amide bonds. The van der Waals surface area contributed by atoms with Crippen molar-refractivity contribution < 1.29 is 0 Å². The molecular weight excluding hydrogens is 208 g/mol. The van der Waals surface area contributed by atoms with E-state index in [2.05, 4.69) is 20.9 Å². The van der Waals surface area contributed by atoms with Crippen molar-refractivity contribution in [3.05, 3.63) is 24.4 Å². The highest BCUT2D eigenvalue weighted by molar-refractivity contribution is 7.80. The molecule has 1 rings (SSSR count). The Labute approximate surface area is 95.5 Å². The maximum atomic E-state index is 5.02. The van der Waals surface area contributed by atoms with Gasteiger partial charge in [0.1, 0.15) is 5.82 Å². The Balaban J connectivity index is 2.10. The van der Waals surface area contributed by atoms with Crippen molar-refractivity contribution in [2.24, 2.45) is 0 Å². The van der Waals surface area contributed by atoms with Crippen LogP contribution in [0.3, 0.4) is 0 Å². The van der Waals surface area contributed by atoms with Crippen LogP contribution in [-0.2, 0) is 0 Å². The van der Waals surface area contributed by atoms with Gasteiger partial charge in [0.15, 0.2) is 5.11 Å². The van der Waals surface area contributed by atoms with Gasteiger partial charge in [-0.2, -0.15) is 0 Å². The van der Waals surface area contributed by atoms with E-state index in [1.54, 1.807) is 6.20 Å². The molecule has 3 N–H and O–H groups in total. The third-order valence-electron chi connectivity index (χ3n) is 1.72. The number of rotatable bonds is 5. The maximum absolute atomic E-state index is 5.02. The summed E-state index contributed by atoms with van der Waals surface area (Å²) in [4.78, 5) is 4.14. The lowest BCUT2D eigenvalue weighted by Gasteiger charge is -2.09. The average molecular weight is 224 g/mol. The van der Waals surface area contributed by atoms with Gasteiger partial charge in [0, 0.05) is 25.8 Å². The molecule has 1 aromatic rings. The van der Waals surface area contributed by atoms with Crippen LogP contribution in [0.25, 0.3) is 0 Å². The van der Waals surface area contributed by atoms with Gasteiger partial charge in [-0.05, 0) is 31.3 Å². The summed E-state index contributed by atoms with van der Waals surface area (Å²) in [6.07, 6.45) is 1.76. The van der Waals surface area contributed by atoms with Crippen molar-refractivity contribution in [3.8, 4) is 0 Å². The van der Waals surface area contributed by atoms with Crippen LogP contribution >= 0.6 is 12.2 Å². The van der Waals surface area contributed by atoms with E-state index in [9.17, 15) is 0 Å². The second-order valence-corrected chi connectivity index (χ2v) is 3.34. The normalized spacial score (nSPS) is 9.40. The minimum atomic E-state index is 0.695. The largest absolute Gasteiger partial charge is 0.368 e. The van der Waals surface area contributed by atoms with E-state index in [1.807, 2.05) is 25.1 Å². The van der Waals surface area contributed by atoms with Gasteiger partial charge < -0.3 is 16.0 Å². The molecule has 0 saturated carbocycles. The molecule has 0 fully saturated rings. The highest BCUT2D eigenvalue weighted by atomic mass is 32.1. The molecule has 0 saturated heterocycles. The molecule has 0 unspecified atom stereocenters. The average Bonchev–Trinajstić information content (AvgIpc) is 2.26. The van der Waals surface area contributed by atoms with Crippen molar-refractivity contribution in [2.75, 3.05) is 25.0 Å². The van der Waals surface area contributed by atoms with Crippen molar-refractivity contribution >= 4 is 23.1 Å². The van der Waals surface area contributed by atoms with Crippen LogP contribution in [-0.4, -0.2) is 29.7 Å². The van der Waals surface area contributed by atoms with E-state index in [-0.39, 0.29) is 0 Å². The van der Waals surface area contributed by atoms with Crippen LogP contribution in [0.2, 0.25) is 0 Å². The van der Waals surface area contributed by atoms with Gasteiger partial charge in [-0.1, -0.05) is 6.07 Å². The molecule has 0 bridgehead atoms. The molecule has 4 nitrogen and oxygen atoms in total. The smallest absolute Gasteiger partial charge is 0.166 e. The van der Waals surface area contributed by atoms with E-state index in [4.69, 9.17) is 12.2 Å². The van der Waals surface area contributed by atoms with Crippen LogP contribution in [0, 0.1) is 0 Å². The van der Waals surface area contributed by atoms with E-state index >= 15 is 0 Å². The van der Waals surface area contributed by atoms with Crippen LogP contribution in [0.1, 0.15) is 6.92 Å². The van der Waals surface area contributed by atoms with Crippen molar-refractivity contribution in [2.45, 2.75) is 6.92 Å². The highest BCUT2D eigenvalue weighted by Crippen LogP contribution is 1.97. The summed E-state index contributed by atoms with van der Waals surface area (Å²) < 4.78 is 0. The number of thiocarbonyl (C=S) groups is 1. The van der Waals surface area contributed by atoms with Crippen molar-refractivity contribution in [1.29, 1.82) is 0 Å². The molecule has 0 radical (unpaired) electrons. The molecule has 1 heterocycles. The zero-order chi connectivity index (χ0) is 10.9. The summed E-state index contributed by atoms with van der Waals surface area (Å²) >= 11 is 5.02. The van der Waals surface area contributed by atoms with E-state index in [1.165, 1.54) is 0 Å². The lowest BCUT2D eigenvalue weighted by atomic mass is 10.4. The number of aromatic nitrogens is 1. The third-order valence-corrected chi connectivity index (χ3v) is 2.01. The number of nitrogens with zero attached hydrogens (tertiary/aromatic N) is 1.